The first-order valence-corrected chi connectivity index (χ1v) is 5.96. The number of benzene rings is 2. The Morgan fingerprint density at radius 1 is 1.10 bits per heavy atom. The summed E-state index contributed by atoms with van der Waals surface area (Å²) < 4.78 is 13.4. The van der Waals surface area contributed by atoms with Crippen molar-refractivity contribution in [1.82, 2.24) is 0 Å². The summed E-state index contributed by atoms with van der Waals surface area (Å²) in [5, 5.41) is 18.6. The zero-order chi connectivity index (χ0) is 14.3. The van der Waals surface area contributed by atoms with Crippen molar-refractivity contribution >= 4 is 17.7 Å². The summed E-state index contributed by atoms with van der Waals surface area (Å²) in [4.78, 5) is 16.5. The zero-order valence-electron chi connectivity index (χ0n) is 10.2. The highest BCUT2D eigenvalue weighted by Crippen LogP contribution is 2.33. The van der Waals surface area contributed by atoms with Gasteiger partial charge in [0.25, 0.3) is 0 Å². The van der Waals surface area contributed by atoms with E-state index >= 15 is 0 Å². The molecule has 0 aliphatic carbocycles. The minimum absolute atomic E-state index is 0.0233. The van der Waals surface area contributed by atoms with Gasteiger partial charge in [-0.15, -0.1) is 0 Å². The summed E-state index contributed by atoms with van der Waals surface area (Å²) >= 11 is 0. The van der Waals surface area contributed by atoms with Gasteiger partial charge in [0.05, 0.1) is 11.6 Å². The molecule has 0 radical (unpaired) electrons. The fourth-order valence-corrected chi connectivity index (χ4v) is 2.18. The Morgan fingerprint density at radius 3 is 2.65 bits per heavy atom. The number of nitrogens with zero attached hydrogens (tertiary/aromatic N) is 1. The first kappa shape index (κ1) is 12.3. The van der Waals surface area contributed by atoms with Crippen molar-refractivity contribution in [3.05, 3.63) is 53.3 Å². The second-order valence-corrected chi connectivity index (χ2v) is 4.53. The summed E-state index contributed by atoms with van der Waals surface area (Å²) in [7, 11) is 0. The molecule has 2 aromatic carbocycles. The molecule has 20 heavy (non-hydrogen) atoms. The Kier molecular flexibility index (Phi) is 2.75. The Bertz CT molecular complexity index is 740. The van der Waals surface area contributed by atoms with E-state index < -0.39 is 17.5 Å². The third-order valence-electron chi connectivity index (χ3n) is 3.22. The molecule has 0 spiro atoms. The molecule has 4 nitrogen and oxygen atoms in total. The van der Waals surface area contributed by atoms with Gasteiger partial charge in [0, 0.05) is 11.8 Å². The Balaban J connectivity index is 2.05. The van der Waals surface area contributed by atoms with Crippen LogP contribution in [0.15, 0.2) is 41.4 Å². The van der Waals surface area contributed by atoms with Gasteiger partial charge in [-0.25, -0.2) is 4.39 Å². The summed E-state index contributed by atoms with van der Waals surface area (Å²) in [6, 6.07) is 8.12. The maximum absolute atomic E-state index is 13.4. The Morgan fingerprint density at radius 2 is 1.90 bits per heavy atom. The number of carbonyl (C=O) groups excluding carboxylic acids is 1. The number of hydrogen-bond acceptors (Lipinski definition) is 4. The minimum atomic E-state index is -0.787. The normalized spacial score (nSPS) is 17.1. The third-order valence-corrected chi connectivity index (χ3v) is 3.22. The molecule has 1 unspecified atom stereocenters. The van der Waals surface area contributed by atoms with Crippen LogP contribution in [0.5, 0.6) is 11.5 Å². The summed E-state index contributed by atoms with van der Waals surface area (Å²) in [6.07, 6.45) is 1.44. The van der Waals surface area contributed by atoms with E-state index in [1.54, 1.807) is 6.07 Å². The van der Waals surface area contributed by atoms with Crippen molar-refractivity contribution in [2.24, 2.45) is 4.99 Å². The number of carbonyl (C=O) groups is 1. The number of aliphatic imine (C=N–C) groups is 1. The second kappa shape index (κ2) is 4.45. The van der Waals surface area contributed by atoms with Crippen molar-refractivity contribution < 1.29 is 19.4 Å². The van der Waals surface area contributed by atoms with Crippen LogP contribution in [0.3, 0.4) is 0 Å². The van der Waals surface area contributed by atoms with E-state index in [1.807, 2.05) is 0 Å². The van der Waals surface area contributed by atoms with Crippen LogP contribution in [0.25, 0.3) is 0 Å². The number of Topliss-reactive ketones (excluding diaryl/α,β-unsaturated/α-hetero) is 1. The molecular formula is C15H10FNO3. The minimum Gasteiger partial charge on any atom is -0.508 e. The molecule has 1 atom stereocenters. The van der Waals surface area contributed by atoms with Crippen LogP contribution in [0.2, 0.25) is 0 Å². The summed E-state index contributed by atoms with van der Waals surface area (Å²) in [6.45, 7) is 0. The molecule has 0 bridgehead atoms. The van der Waals surface area contributed by atoms with Gasteiger partial charge >= 0.3 is 0 Å². The summed E-state index contributed by atoms with van der Waals surface area (Å²) in [5.41, 5.74) is 1.18. The first-order valence-electron chi connectivity index (χ1n) is 5.96. The van der Waals surface area contributed by atoms with E-state index in [-0.39, 0.29) is 11.5 Å². The SMILES string of the molecule is O=C1c2cc(O)ccc2N=CC1c1ccc(O)c(F)c1. The van der Waals surface area contributed by atoms with Gasteiger partial charge in [0.2, 0.25) is 0 Å². The highest BCUT2D eigenvalue weighted by atomic mass is 19.1. The molecule has 3 rings (SSSR count). The van der Waals surface area contributed by atoms with Gasteiger partial charge in [0.15, 0.2) is 17.3 Å². The number of halogens is 1. The van der Waals surface area contributed by atoms with Crippen LogP contribution in [-0.2, 0) is 0 Å². The summed E-state index contributed by atoms with van der Waals surface area (Å²) in [5.74, 6) is -2.27. The number of fused-ring (bicyclic) bond motifs is 1. The molecular weight excluding hydrogens is 261 g/mol. The predicted octanol–water partition coefficient (Wildman–Crippen LogP) is 2.92. The average molecular weight is 271 g/mol. The third kappa shape index (κ3) is 1.93. The van der Waals surface area contributed by atoms with Gasteiger partial charge in [-0.1, -0.05) is 6.07 Å². The van der Waals surface area contributed by atoms with Crippen LogP contribution in [0, 0.1) is 5.82 Å². The highest BCUT2D eigenvalue weighted by molar-refractivity contribution is 6.16. The van der Waals surface area contributed by atoms with E-state index in [9.17, 15) is 19.4 Å². The average Bonchev–Trinajstić information content (AvgIpc) is 2.43. The van der Waals surface area contributed by atoms with E-state index in [0.717, 1.165) is 6.07 Å². The molecule has 0 saturated carbocycles. The lowest BCUT2D eigenvalue weighted by Gasteiger charge is -2.18. The molecule has 0 amide bonds. The lowest BCUT2D eigenvalue weighted by atomic mass is 9.88. The number of ketones is 1. The van der Waals surface area contributed by atoms with Crippen LogP contribution in [-0.4, -0.2) is 22.2 Å². The molecule has 0 fully saturated rings. The van der Waals surface area contributed by atoms with E-state index in [1.165, 1.54) is 30.5 Å². The van der Waals surface area contributed by atoms with Gasteiger partial charge < -0.3 is 10.2 Å². The Hall–Kier alpha value is -2.69. The first-order chi connectivity index (χ1) is 9.56. The predicted molar refractivity (Wildman–Crippen MR) is 71.4 cm³/mol. The van der Waals surface area contributed by atoms with Gasteiger partial charge in [-0.3, -0.25) is 9.79 Å². The van der Waals surface area contributed by atoms with E-state index in [2.05, 4.69) is 4.99 Å². The van der Waals surface area contributed by atoms with Gasteiger partial charge in [0.1, 0.15) is 5.75 Å². The maximum atomic E-state index is 13.4. The second-order valence-electron chi connectivity index (χ2n) is 4.53. The lowest BCUT2D eigenvalue weighted by molar-refractivity contribution is 0.0982. The fourth-order valence-electron chi connectivity index (χ4n) is 2.18. The lowest BCUT2D eigenvalue weighted by Crippen LogP contribution is -2.17. The van der Waals surface area contributed by atoms with Crippen molar-refractivity contribution in [1.29, 1.82) is 0 Å². The molecule has 2 aromatic rings. The number of aromatic hydroxyl groups is 2. The maximum Gasteiger partial charge on any atom is 0.177 e. The van der Waals surface area contributed by atoms with Crippen LogP contribution < -0.4 is 0 Å². The molecule has 2 N–H and O–H groups in total. The van der Waals surface area contributed by atoms with Crippen molar-refractivity contribution in [3.63, 3.8) is 0 Å². The van der Waals surface area contributed by atoms with E-state index in [4.69, 9.17) is 0 Å². The molecule has 1 heterocycles. The smallest absolute Gasteiger partial charge is 0.177 e. The number of phenols is 2. The molecule has 0 aromatic heterocycles. The zero-order valence-corrected chi connectivity index (χ0v) is 10.2. The Labute approximate surface area is 113 Å². The number of hydrogen-bond donors (Lipinski definition) is 2. The van der Waals surface area contributed by atoms with Crippen LogP contribution >= 0.6 is 0 Å². The monoisotopic (exact) mass is 271 g/mol. The highest BCUT2D eigenvalue weighted by Gasteiger charge is 2.27. The van der Waals surface area contributed by atoms with Crippen LogP contribution in [0.4, 0.5) is 10.1 Å². The quantitative estimate of drug-likeness (QED) is 0.837. The number of phenolic OH excluding ortho intramolecular Hbond substituents is 2. The molecule has 1 aliphatic rings. The van der Waals surface area contributed by atoms with Gasteiger partial charge in [-0.05, 0) is 35.9 Å². The standard InChI is InChI=1S/C15H10FNO3/c16-12-5-8(1-4-14(12)19)11-7-17-13-3-2-9(18)6-10(13)15(11)20/h1-7,11,18-19H. The van der Waals surface area contributed by atoms with Crippen LogP contribution in [0.1, 0.15) is 21.8 Å². The van der Waals surface area contributed by atoms with Crippen molar-refractivity contribution in [3.8, 4) is 11.5 Å². The van der Waals surface area contributed by atoms with Crippen molar-refractivity contribution in [2.75, 3.05) is 0 Å². The molecule has 1 aliphatic heterocycles. The van der Waals surface area contributed by atoms with Crippen molar-refractivity contribution in [2.45, 2.75) is 5.92 Å². The molecule has 5 heteroatoms. The fraction of sp³-hybridized carbons (Fsp3) is 0.0667. The topological polar surface area (TPSA) is 69.9 Å². The van der Waals surface area contributed by atoms with Gasteiger partial charge in [-0.2, -0.15) is 0 Å². The molecule has 0 saturated heterocycles. The van der Waals surface area contributed by atoms with E-state index in [0.29, 0.717) is 16.8 Å². The largest absolute Gasteiger partial charge is 0.508 e. The molecule has 100 valence electrons. The number of rotatable bonds is 1.